The Labute approximate surface area is 181 Å². The molecule has 164 valence electrons. The van der Waals surface area contributed by atoms with Crippen molar-refractivity contribution in [3.05, 3.63) is 65.2 Å². The lowest BCUT2D eigenvalue weighted by atomic mass is 10.0. The van der Waals surface area contributed by atoms with Gasteiger partial charge in [-0.1, -0.05) is 24.3 Å². The van der Waals surface area contributed by atoms with Crippen LogP contribution in [0.2, 0.25) is 0 Å². The minimum Gasteiger partial charge on any atom is -0.497 e. The first kappa shape index (κ1) is 22.3. The summed E-state index contributed by atoms with van der Waals surface area (Å²) >= 11 is 0. The Kier molecular flexibility index (Phi) is 7.25. The van der Waals surface area contributed by atoms with Crippen LogP contribution < -0.4 is 15.8 Å². The molecule has 0 radical (unpaired) electrons. The van der Waals surface area contributed by atoms with Gasteiger partial charge in [-0.05, 0) is 42.7 Å². The van der Waals surface area contributed by atoms with Gasteiger partial charge < -0.3 is 25.8 Å². The van der Waals surface area contributed by atoms with Gasteiger partial charge in [-0.15, -0.1) is 0 Å². The van der Waals surface area contributed by atoms with Crippen LogP contribution in [-0.2, 0) is 11.2 Å². The lowest BCUT2D eigenvalue weighted by Gasteiger charge is -2.32. The van der Waals surface area contributed by atoms with Crippen LogP contribution in [0, 0.1) is 5.41 Å². The van der Waals surface area contributed by atoms with Crippen molar-refractivity contribution in [2.24, 2.45) is 5.73 Å². The highest BCUT2D eigenvalue weighted by Crippen LogP contribution is 2.16. The fourth-order valence-corrected chi connectivity index (χ4v) is 3.55. The maximum atomic E-state index is 13.2. The number of hydrogen-bond acceptors (Lipinski definition) is 5. The Bertz CT molecular complexity index is 920. The molecule has 0 saturated carbocycles. The zero-order valence-electron chi connectivity index (χ0n) is 17.5. The Morgan fingerprint density at radius 1 is 1.13 bits per heavy atom. The van der Waals surface area contributed by atoms with E-state index in [0.717, 1.165) is 5.56 Å². The SMILES string of the molecule is COc1ccc(CC(NC(=O)c2ccc(C(=N)N)cc2)C(=O)N2CCC(O)CC2)cc1. The van der Waals surface area contributed by atoms with Crippen molar-refractivity contribution in [3.8, 4) is 5.75 Å². The minimum atomic E-state index is -0.747. The molecule has 1 fully saturated rings. The van der Waals surface area contributed by atoms with Crippen molar-refractivity contribution >= 4 is 17.6 Å². The maximum absolute atomic E-state index is 13.2. The number of aliphatic hydroxyl groups is 1. The molecule has 1 atom stereocenters. The zero-order valence-corrected chi connectivity index (χ0v) is 17.5. The second-order valence-electron chi connectivity index (χ2n) is 7.63. The number of methoxy groups -OCH3 is 1. The number of amidine groups is 1. The molecule has 1 saturated heterocycles. The summed E-state index contributed by atoms with van der Waals surface area (Å²) in [7, 11) is 1.59. The van der Waals surface area contributed by atoms with Crippen LogP contribution >= 0.6 is 0 Å². The molecule has 1 heterocycles. The van der Waals surface area contributed by atoms with E-state index in [9.17, 15) is 14.7 Å². The molecule has 3 rings (SSSR count). The van der Waals surface area contributed by atoms with Crippen molar-refractivity contribution in [1.82, 2.24) is 10.2 Å². The molecule has 8 heteroatoms. The second-order valence-corrected chi connectivity index (χ2v) is 7.63. The van der Waals surface area contributed by atoms with Crippen LogP contribution in [0.4, 0.5) is 0 Å². The summed E-state index contributed by atoms with van der Waals surface area (Å²) < 4.78 is 5.18. The van der Waals surface area contributed by atoms with Gasteiger partial charge in [0.2, 0.25) is 5.91 Å². The van der Waals surface area contributed by atoms with E-state index in [4.69, 9.17) is 15.9 Å². The first-order valence-electron chi connectivity index (χ1n) is 10.2. The van der Waals surface area contributed by atoms with Gasteiger partial charge in [-0.25, -0.2) is 0 Å². The number of nitrogens with two attached hydrogens (primary N) is 1. The Morgan fingerprint density at radius 2 is 1.71 bits per heavy atom. The van der Waals surface area contributed by atoms with Gasteiger partial charge in [0.05, 0.1) is 13.2 Å². The fraction of sp³-hybridized carbons (Fsp3) is 0.348. The van der Waals surface area contributed by atoms with Crippen LogP contribution in [0.5, 0.6) is 5.75 Å². The molecule has 5 N–H and O–H groups in total. The highest BCUT2D eigenvalue weighted by Gasteiger charge is 2.29. The van der Waals surface area contributed by atoms with Crippen molar-refractivity contribution in [1.29, 1.82) is 5.41 Å². The molecule has 2 aromatic carbocycles. The van der Waals surface area contributed by atoms with Crippen LogP contribution in [-0.4, -0.2) is 60.0 Å². The minimum absolute atomic E-state index is 0.0770. The monoisotopic (exact) mass is 424 g/mol. The number of nitrogens with one attached hydrogen (secondary N) is 2. The number of amides is 2. The Hall–Kier alpha value is -3.39. The normalized spacial score (nSPS) is 15.2. The molecule has 0 aromatic heterocycles. The summed E-state index contributed by atoms with van der Waals surface area (Å²) in [6.07, 6.45) is 1.00. The van der Waals surface area contributed by atoms with E-state index in [2.05, 4.69) is 5.32 Å². The van der Waals surface area contributed by atoms with E-state index in [0.29, 0.717) is 49.2 Å². The smallest absolute Gasteiger partial charge is 0.251 e. The number of nitrogens with zero attached hydrogens (tertiary/aromatic N) is 1. The van der Waals surface area contributed by atoms with E-state index in [1.54, 1.807) is 36.3 Å². The number of carbonyl (C=O) groups excluding carboxylic acids is 2. The number of benzene rings is 2. The van der Waals surface area contributed by atoms with Gasteiger partial charge in [-0.3, -0.25) is 15.0 Å². The van der Waals surface area contributed by atoms with Gasteiger partial charge in [0.1, 0.15) is 17.6 Å². The molecule has 2 amide bonds. The molecule has 1 unspecified atom stereocenters. The lowest BCUT2D eigenvalue weighted by Crippen LogP contribution is -2.52. The largest absolute Gasteiger partial charge is 0.497 e. The molecule has 31 heavy (non-hydrogen) atoms. The van der Waals surface area contributed by atoms with Crippen LogP contribution in [0.3, 0.4) is 0 Å². The highest BCUT2D eigenvalue weighted by molar-refractivity contribution is 5.99. The number of likely N-dealkylation sites (tertiary alicyclic amines) is 1. The summed E-state index contributed by atoms with van der Waals surface area (Å²) in [5.41, 5.74) is 7.26. The Morgan fingerprint density at radius 3 is 2.26 bits per heavy atom. The number of rotatable bonds is 7. The molecule has 0 bridgehead atoms. The van der Waals surface area contributed by atoms with E-state index in [-0.39, 0.29) is 17.6 Å². The average Bonchev–Trinajstić information content (AvgIpc) is 2.79. The summed E-state index contributed by atoms with van der Waals surface area (Å²) in [5.74, 6) is 0.0912. The van der Waals surface area contributed by atoms with Crippen molar-refractivity contribution < 1.29 is 19.4 Å². The first-order chi connectivity index (χ1) is 14.9. The Balaban J connectivity index is 1.77. The van der Waals surface area contributed by atoms with Crippen LogP contribution in [0.1, 0.15) is 34.3 Å². The van der Waals surface area contributed by atoms with Crippen molar-refractivity contribution in [3.63, 3.8) is 0 Å². The lowest BCUT2D eigenvalue weighted by molar-refractivity contribution is -0.135. The quantitative estimate of drug-likeness (QED) is 0.393. The van der Waals surface area contributed by atoms with Gasteiger partial charge in [-0.2, -0.15) is 0 Å². The van der Waals surface area contributed by atoms with Gasteiger partial charge in [0, 0.05) is 30.6 Å². The molecule has 0 aliphatic carbocycles. The summed E-state index contributed by atoms with van der Waals surface area (Å²) in [4.78, 5) is 27.7. The third-order valence-electron chi connectivity index (χ3n) is 5.44. The number of ether oxygens (including phenoxy) is 1. The highest BCUT2D eigenvalue weighted by atomic mass is 16.5. The van der Waals surface area contributed by atoms with E-state index >= 15 is 0 Å². The molecular weight excluding hydrogens is 396 g/mol. The van der Waals surface area contributed by atoms with Gasteiger partial charge in [0.25, 0.3) is 5.91 Å². The molecule has 0 spiro atoms. The number of aliphatic hydroxyl groups excluding tert-OH is 1. The number of piperidine rings is 1. The first-order valence-corrected chi connectivity index (χ1v) is 10.2. The van der Waals surface area contributed by atoms with Crippen LogP contribution in [0.25, 0.3) is 0 Å². The average molecular weight is 425 g/mol. The topological polar surface area (TPSA) is 129 Å². The summed E-state index contributed by atoms with van der Waals surface area (Å²) in [5, 5.41) is 20.1. The van der Waals surface area contributed by atoms with Gasteiger partial charge >= 0.3 is 0 Å². The number of nitrogen functional groups attached to an aromatic ring is 1. The molecule has 2 aromatic rings. The van der Waals surface area contributed by atoms with Gasteiger partial charge in [0.15, 0.2) is 0 Å². The summed E-state index contributed by atoms with van der Waals surface area (Å²) in [6, 6.07) is 13.0. The second kappa shape index (κ2) is 10.1. The van der Waals surface area contributed by atoms with E-state index < -0.39 is 12.1 Å². The maximum Gasteiger partial charge on any atom is 0.251 e. The molecular formula is C23H28N4O4. The third kappa shape index (κ3) is 5.82. The third-order valence-corrected chi connectivity index (χ3v) is 5.44. The van der Waals surface area contributed by atoms with Crippen LogP contribution in [0.15, 0.2) is 48.5 Å². The molecule has 8 nitrogen and oxygen atoms in total. The number of carbonyl (C=O) groups is 2. The molecule has 1 aliphatic heterocycles. The van der Waals surface area contributed by atoms with E-state index in [1.165, 1.54) is 0 Å². The summed E-state index contributed by atoms with van der Waals surface area (Å²) in [6.45, 7) is 0.921. The fourth-order valence-electron chi connectivity index (χ4n) is 3.55. The standard InChI is InChI=1S/C23H28N4O4/c1-31-19-8-2-15(3-9-19)14-20(23(30)27-12-10-18(28)11-13-27)26-22(29)17-6-4-16(5-7-17)21(24)25/h2-9,18,20,28H,10-14H2,1H3,(H3,24,25)(H,26,29). The molecule has 1 aliphatic rings. The predicted octanol–water partition coefficient (Wildman–Crippen LogP) is 1.30. The van der Waals surface area contributed by atoms with Crippen molar-refractivity contribution in [2.45, 2.75) is 31.4 Å². The predicted molar refractivity (Wildman–Crippen MR) is 117 cm³/mol. The van der Waals surface area contributed by atoms with E-state index in [1.807, 2.05) is 24.3 Å². The zero-order chi connectivity index (χ0) is 22.4. The van der Waals surface area contributed by atoms with Crippen molar-refractivity contribution in [2.75, 3.05) is 20.2 Å². The number of hydrogen-bond donors (Lipinski definition) is 4.